The maximum Gasteiger partial charge on any atom is 0.100 e. The van der Waals surface area contributed by atoms with Crippen LogP contribution in [0.25, 0.3) is 11.3 Å². The highest BCUT2D eigenvalue weighted by atomic mass is 16.3. The second-order valence-corrected chi connectivity index (χ2v) is 7.40. The fraction of sp³-hybridized carbons (Fsp3) is 0.550. The maximum absolute atomic E-state index is 11.0. The molecule has 122 valence electrons. The van der Waals surface area contributed by atoms with Gasteiger partial charge in [0.05, 0.1) is 24.3 Å². The maximum atomic E-state index is 11.0. The molecule has 1 aromatic heterocycles. The van der Waals surface area contributed by atoms with E-state index in [1.54, 1.807) is 0 Å². The second kappa shape index (κ2) is 6.12. The van der Waals surface area contributed by atoms with E-state index in [1.807, 2.05) is 24.7 Å². The number of hydrogen-bond donors (Lipinski definition) is 1. The van der Waals surface area contributed by atoms with Gasteiger partial charge in [-0.1, -0.05) is 63.3 Å². The number of benzene rings is 1. The monoisotopic (exact) mass is 310 g/mol. The summed E-state index contributed by atoms with van der Waals surface area (Å²) in [6, 6.07) is 8.32. The molecule has 0 saturated heterocycles. The van der Waals surface area contributed by atoms with Crippen molar-refractivity contribution in [1.82, 2.24) is 9.55 Å². The van der Waals surface area contributed by atoms with Crippen LogP contribution in [0, 0.1) is 11.8 Å². The van der Waals surface area contributed by atoms with Crippen LogP contribution in [0.1, 0.15) is 63.2 Å². The molecule has 3 atom stereocenters. The summed E-state index contributed by atoms with van der Waals surface area (Å²) in [7, 11) is 0. The molecule has 2 heterocycles. The number of hydrogen-bond acceptors (Lipinski definition) is 2. The lowest BCUT2D eigenvalue weighted by atomic mass is 9.76. The molecule has 3 nitrogen and oxygen atoms in total. The fourth-order valence-electron chi connectivity index (χ4n) is 4.64. The van der Waals surface area contributed by atoms with Gasteiger partial charge in [0.25, 0.3) is 0 Å². The third kappa shape index (κ3) is 2.61. The van der Waals surface area contributed by atoms with Gasteiger partial charge in [-0.15, -0.1) is 0 Å². The molecule has 1 fully saturated rings. The lowest BCUT2D eigenvalue weighted by molar-refractivity contribution is 0.0849. The van der Waals surface area contributed by atoms with Crippen LogP contribution in [0.15, 0.2) is 36.8 Å². The van der Waals surface area contributed by atoms with Crippen LogP contribution in [0.5, 0.6) is 0 Å². The average Bonchev–Trinajstić information content (AvgIpc) is 3.09. The van der Waals surface area contributed by atoms with Gasteiger partial charge in [-0.2, -0.15) is 0 Å². The highest BCUT2D eigenvalue weighted by molar-refractivity contribution is 5.66. The first-order valence-electron chi connectivity index (χ1n) is 9.05. The van der Waals surface area contributed by atoms with Crippen molar-refractivity contribution >= 4 is 0 Å². The molecule has 1 saturated carbocycles. The first kappa shape index (κ1) is 14.9. The van der Waals surface area contributed by atoms with Gasteiger partial charge < -0.3 is 9.67 Å². The predicted octanol–water partition coefficient (Wildman–Crippen LogP) is 4.74. The summed E-state index contributed by atoms with van der Waals surface area (Å²) in [5.41, 5.74) is 3.33. The molecule has 1 aliphatic heterocycles. The molecule has 1 N–H and O–H groups in total. The molecule has 1 aliphatic carbocycles. The Kier molecular flexibility index (Phi) is 3.98. The zero-order valence-corrected chi connectivity index (χ0v) is 13.9. The Morgan fingerprint density at radius 3 is 2.83 bits per heavy atom. The van der Waals surface area contributed by atoms with Gasteiger partial charge in [-0.25, -0.2) is 4.98 Å². The van der Waals surface area contributed by atoms with Crippen molar-refractivity contribution in [1.29, 1.82) is 0 Å². The average molecular weight is 310 g/mol. The number of rotatable bonds is 3. The fourth-order valence-corrected chi connectivity index (χ4v) is 4.64. The van der Waals surface area contributed by atoms with Crippen LogP contribution in [-0.4, -0.2) is 14.7 Å². The van der Waals surface area contributed by atoms with E-state index >= 15 is 0 Å². The highest BCUT2D eigenvalue weighted by Gasteiger charge is 2.34. The van der Waals surface area contributed by atoms with E-state index in [2.05, 4.69) is 28.6 Å². The summed E-state index contributed by atoms with van der Waals surface area (Å²) in [4.78, 5) is 4.36. The van der Waals surface area contributed by atoms with E-state index in [1.165, 1.54) is 32.1 Å². The van der Waals surface area contributed by atoms with Gasteiger partial charge >= 0.3 is 0 Å². The van der Waals surface area contributed by atoms with E-state index in [4.69, 9.17) is 0 Å². The van der Waals surface area contributed by atoms with Crippen molar-refractivity contribution in [2.45, 2.75) is 57.6 Å². The molecule has 0 radical (unpaired) electrons. The van der Waals surface area contributed by atoms with E-state index in [-0.39, 0.29) is 6.04 Å². The van der Waals surface area contributed by atoms with Gasteiger partial charge in [-0.3, -0.25) is 0 Å². The van der Waals surface area contributed by atoms with Crippen LogP contribution in [0.3, 0.4) is 0 Å². The zero-order chi connectivity index (χ0) is 15.8. The Bertz CT molecular complexity index is 672. The van der Waals surface area contributed by atoms with E-state index < -0.39 is 6.10 Å². The second-order valence-electron chi connectivity index (χ2n) is 7.40. The minimum absolute atomic E-state index is 0.110. The number of aliphatic hydroxyl groups is 1. The molecule has 4 rings (SSSR count). The zero-order valence-electron chi connectivity index (χ0n) is 13.9. The SMILES string of the molecule is CC(CC1C(O)c2ccccc2-c2cncn21)C1CCCCC1. The van der Waals surface area contributed by atoms with Crippen molar-refractivity contribution in [3.8, 4) is 11.3 Å². The molecule has 0 amide bonds. The van der Waals surface area contributed by atoms with Gasteiger partial charge in [0.1, 0.15) is 6.10 Å². The van der Waals surface area contributed by atoms with Crippen LogP contribution < -0.4 is 0 Å². The number of aliphatic hydroxyl groups excluding tert-OH is 1. The molecule has 1 aromatic carbocycles. The minimum atomic E-state index is -0.432. The molecular weight excluding hydrogens is 284 g/mol. The van der Waals surface area contributed by atoms with E-state index in [0.29, 0.717) is 5.92 Å². The molecule has 2 aromatic rings. The number of nitrogens with zero attached hydrogens (tertiary/aromatic N) is 2. The Hall–Kier alpha value is -1.61. The molecule has 2 aliphatic rings. The standard InChI is InChI=1S/C20H26N2O/c1-14(15-7-3-2-4-8-15)11-18-20(23)17-10-6-5-9-16(17)19-12-21-13-22(18)19/h5-6,9-10,12-15,18,20,23H,2-4,7-8,11H2,1H3. The first-order chi connectivity index (χ1) is 11.3. The summed E-state index contributed by atoms with van der Waals surface area (Å²) in [5, 5.41) is 11.0. The quantitative estimate of drug-likeness (QED) is 0.889. The van der Waals surface area contributed by atoms with E-state index in [9.17, 15) is 5.11 Å². The van der Waals surface area contributed by atoms with Gasteiger partial charge in [0.15, 0.2) is 0 Å². The van der Waals surface area contributed by atoms with Crippen LogP contribution in [-0.2, 0) is 0 Å². The largest absolute Gasteiger partial charge is 0.386 e. The number of imidazole rings is 1. The van der Waals surface area contributed by atoms with Crippen LogP contribution in [0.2, 0.25) is 0 Å². The minimum Gasteiger partial charge on any atom is -0.386 e. The topological polar surface area (TPSA) is 38.1 Å². The summed E-state index contributed by atoms with van der Waals surface area (Å²) in [6.45, 7) is 2.37. The molecule has 0 spiro atoms. The lowest BCUT2D eigenvalue weighted by Gasteiger charge is -2.36. The Morgan fingerprint density at radius 1 is 1.22 bits per heavy atom. The molecule has 3 heteroatoms. The summed E-state index contributed by atoms with van der Waals surface area (Å²) in [6.07, 6.45) is 11.3. The Labute approximate surface area is 138 Å². The number of aromatic nitrogens is 2. The van der Waals surface area contributed by atoms with E-state index in [0.717, 1.165) is 29.2 Å². The first-order valence-corrected chi connectivity index (χ1v) is 9.05. The van der Waals surface area contributed by atoms with Crippen molar-refractivity contribution in [2.75, 3.05) is 0 Å². The summed E-state index contributed by atoms with van der Waals surface area (Å²) in [5.74, 6) is 1.47. The summed E-state index contributed by atoms with van der Waals surface area (Å²) >= 11 is 0. The van der Waals surface area contributed by atoms with Gasteiger partial charge in [-0.05, 0) is 23.8 Å². The van der Waals surface area contributed by atoms with Crippen molar-refractivity contribution in [3.63, 3.8) is 0 Å². The number of fused-ring (bicyclic) bond motifs is 3. The van der Waals surface area contributed by atoms with Crippen molar-refractivity contribution < 1.29 is 5.11 Å². The van der Waals surface area contributed by atoms with Gasteiger partial charge in [0.2, 0.25) is 0 Å². The predicted molar refractivity (Wildman–Crippen MR) is 92.0 cm³/mol. The third-order valence-electron chi connectivity index (χ3n) is 6.01. The molecule has 0 bridgehead atoms. The molecule has 3 unspecified atom stereocenters. The Morgan fingerprint density at radius 2 is 2.00 bits per heavy atom. The third-order valence-corrected chi connectivity index (χ3v) is 6.01. The van der Waals surface area contributed by atoms with Crippen LogP contribution in [0.4, 0.5) is 0 Å². The Balaban J connectivity index is 1.62. The van der Waals surface area contributed by atoms with Crippen molar-refractivity contribution in [2.24, 2.45) is 11.8 Å². The summed E-state index contributed by atoms with van der Waals surface area (Å²) < 4.78 is 2.20. The van der Waals surface area contributed by atoms with Gasteiger partial charge in [0, 0.05) is 5.56 Å². The molecule has 23 heavy (non-hydrogen) atoms. The highest BCUT2D eigenvalue weighted by Crippen LogP contribution is 2.45. The smallest absolute Gasteiger partial charge is 0.100 e. The normalized spacial score (nSPS) is 25.7. The lowest BCUT2D eigenvalue weighted by Crippen LogP contribution is -2.27. The van der Waals surface area contributed by atoms with Crippen LogP contribution >= 0.6 is 0 Å². The molecular formula is C20H26N2O. The van der Waals surface area contributed by atoms with Crippen molar-refractivity contribution in [3.05, 3.63) is 42.4 Å².